The Balaban J connectivity index is 1.94. The van der Waals surface area contributed by atoms with Crippen LogP contribution in [0.5, 0.6) is 5.75 Å². The zero-order valence-electron chi connectivity index (χ0n) is 11.9. The largest absolute Gasteiger partial charge is 0.497 e. The van der Waals surface area contributed by atoms with Crippen LogP contribution < -0.4 is 10.1 Å². The van der Waals surface area contributed by atoms with Gasteiger partial charge in [0.2, 0.25) is 0 Å². The van der Waals surface area contributed by atoms with Crippen molar-refractivity contribution in [3.8, 4) is 5.75 Å². The van der Waals surface area contributed by atoms with E-state index in [4.69, 9.17) is 16.3 Å². The summed E-state index contributed by atoms with van der Waals surface area (Å²) in [4.78, 5) is 0. The lowest BCUT2D eigenvalue weighted by atomic mass is 10.1. The first kappa shape index (κ1) is 14.6. The first-order valence-electron chi connectivity index (χ1n) is 6.48. The molecule has 0 saturated carbocycles. The van der Waals surface area contributed by atoms with Crippen molar-refractivity contribution >= 4 is 17.4 Å². The van der Waals surface area contributed by atoms with Crippen molar-refractivity contribution < 1.29 is 4.74 Å². The van der Waals surface area contributed by atoms with Crippen molar-refractivity contribution in [2.24, 2.45) is 0 Å². The first-order chi connectivity index (χ1) is 9.61. The molecule has 0 aliphatic rings. The van der Waals surface area contributed by atoms with Gasteiger partial charge in [-0.3, -0.25) is 0 Å². The van der Waals surface area contributed by atoms with E-state index in [0.717, 1.165) is 35.7 Å². The molecule has 20 heavy (non-hydrogen) atoms. The van der Waals surface area contributed by atoms with E-state index in [1.807, 2.05) is 26.0 Å². The quantitative estimate of drug-likeness (QED) is 0.917. The van der Waals surface area contributed by atoms with Crippen LogP contribution in [0, 0.1) is 13.8 Å². The summed E-state index contributed by atoms with van der Waals surface area (Å²) in [5, 5.41) is 11.8. The molecule has 0 aliphatic heterocycles. The van der Waals surface area contributed by atoms with Crippen LogP contribution in [-0.2, 0) is 6.42 Å². The van der Waals surface area contributed by atoms with Crippen molar-refractivity contribution in [1.29, 1.82) is 0 Å². The van der Waals surface area contributed by atoms with Crippen molar-refractivity contribution in [3.63, 3.8) is 0 Å². The van der Waals surface area contributed by atoms with Gasteiger partial charge in [-0.05, 0) is 49.1 Å². The van der Waals surface area contributed by atoms with Gasteiger partial charge >= 0.3 is 0 Å². The minimum Gasteiger partial charge on any atom is -0.497 e. The average Bonchev–Trinajstić information content (AvgIpc) is 2.48. The van der Waals surface area contributed by atoms with Crippen LogP contribution in [0.1, 0.15) is 16.7 Å². The van der Waals surface area contributed by atoms with E-state index >= 15 is 0 Å². The zero-order chi connectivity index (χ0) is 14.5. The van der Waals surface area contributed by atoms with E-state index in [9.17, 15) is 0 Å². The fraction of sp³-hybridized carbons (Fsp3) is 0.333. The molecule has 0 unspecified atom stereocenters. The monoisotopic (exact) mass is 291 g/mol. The highest BCUT2D eigenvalue weighted by Gasteiger charge is 2.07. The molecule has 2 aromatic rings. The van der Waals surface area contributed by atoms with E-state index in [0.29, 0.717) is 5.15 Å². The molecule has 0 fully saturated rings. The summed E-state index contributed by atoms with van der Waals surface area (Å²) < 4.78 is 5.14. The van der Waals surface area contributed by atoms with Gasteiger partial charge in [0.15, 0.2) is 11.0 Å². The van der Waals surface area contributed by atoms with E-state index in [1.54, 1.807) is 7.11 Å². The summed E-state index contributed by atoms with van der Waals surface area (Å²) in [7, 11) is 1.67. The molecule has 0 saturated heterocycles. The molecule has 0 amide bonds. The second-order valence-electron chi connectivity index (χ2n) is 4.61. The molecule has 1 N–H and O–H groups in total. The second-order valence-corrected chi connectivity index (χ2v) is 4.97. The molecule has 1 aromatic heterocycles. The third kappa shape index (κ3) is 3.39. The minimum absolute atomic E-state index is 0.461. The molecule has 2 rings (SSSR count). The smallest absolute Gasteiger partial charge is 0.155 e. The number of nitrogens with one attached hydrogen (secondary N) is 1. The topological polar surface area (TPSA) is 47.0 Å². The number of anilines is 1. The van der Waals surface area contributed by atoms with Crippen LogP contribution in [-0.4, -0.2) is 23.9 Å². The molecule has 0 spiro atoms. The van der Waals surface area contributed by atoms with Crippen molar-refractivity contribution in [1.82, 2.24) is 10.2 Å². The van der Waals surface area contributed by atoms with E-state index in [1.165, 1.54) is 5.56 Å². The Labute approximate surface area is 124 Å². The van der Waals surface area contributed by atoms with Crippen LogP contribution in [0.2, 0.25) is 5.15 Å². The SMILES string of the molecule is COc1ccc(CCNc2nnc(Cl)c(C)c2C)cc1. The second kappa shape index (κ2) is 6.57. The lowest BCUT2D eigenvalue weighted by molar-refractivity contribution is 0.414. The summed E-state index contributed by atoms with van der Waals surface area (Å²) in [5.41, 5.74) is 3.25. The van der Waals surface area contributed by atoms with Gasteiger partial charge < -0.3 is 10.1 Å². The fourth-order valence-electron chi connectivity index (χ4n) is 1.86. The normalized spacial score (nSPS) is 10.4. The minimum atomic E-state index is 0.461. The van der Waals surface area contributed by atoms with Crippen molar-refractivity contribution in [3.05, 3.63) is 46.1 Å². The summed E-state index contributed by atoms with van der Waals surface area (Å²) in [6, 6.07) is 8.05. The summed E-state index contributed by atoms with van der Waals surface area (Å²) >= 11 is 5.93. The molecule has 0 radical (unpaired) electrons. The van der Waals surface area contributed by atoms with Crippen LogP contribution in [0.25, 0.3) is 0 Å². The molecular formula is C15H18ClN3O. The Bertz CT molecular complexity index is 584. The molecule has 106 valence electrons. The van der Waals surface area contributed by atoms with Crippen LogP contribution >= 0.6 is 11.6 Å². The Hall–Kier alpha value is -1.81. The highest BCUT2D eigenvalue weighted by molar-refractivity contribution is 6.30. The zero-order valence-corrected chi connectivity index (χ0v) is 12.7. The predicted octanol–water partition coefficient (Wildman–Crippen LogP) is 3.41. The third-order valence-electron chi connectivity index (χ3n) is 3.33. The summed E-state index contributed by atoms with van der Waals surface area (Å²) in [6.07, 6.45) is 0.910. The Kier molecular flexibility index (Phi) is 4.79. The lowest BCUT2D eigenvalue weighted by Crippen LogP contribution is -2.09. The van der Waals surface area contributed by atoms with Crippen LogP contribution in [0.3, 0.4) is 0 Å². The van der Waals surface area contributed by atoms with Crippen molar-refractivity contribution in [2.45, 2.75) is 20.3 Å². The Morgan fingerprint density at radius 1 is 1.10 bits per heavy atom. The lowest BCUT2D eigenvalue weighted by Gasteiger charge is -2.10. The summed E-state index contributed by atoms with van der Waals surface area (Å²) in [5.74, 6) is 1.66. The van der Waals surface area contributed by atoms with Gasteiger partial charge in [0, 0.05) is 6.54 Å². The number of aromatic nitrogens is 2. The number of nitrogens with zero attached hydrogens (tertiary/aromatic N) is 2. The molecule has 0 atom stereocenters. The Morgan fingerprint density at radius 2 is 1.80 bits per heavy atom. The fourth-order valence-corrected chi connectivity index (χ4v) is 2.04. The maximum atomic E-state index is 5.93. The van der Waals surface area contributed by atoms with Crippen LogP contribution in [0.4, 0.5) is 5.82 Å². The van der Waals surface area contributed by atoms with Gasteiger partial charge in [0.25, 0.3) is 0 Å². The molecule has 1 aromatic carbocycles. The van der Waals surface area contributed by atoms with E-state index in [2.05, 4.69) is 27.6 Å². The number of rotatable bonds is 5. The molecule has 5 heteroatoms. The highest BCUT2D eigenvalue weighted by atomic mass is 35.5. The third-order valence-corrected chi connectivity index (χ3v) is 3.69. The highest BCUT2D eigenvalue weighted by Crippen LogP contribution is 2.20. The number of halogens is 1. The number of hydrogen-bond donors (Lipinski definition) is 1. The molecule has 0 bridgehead atoms. The van der Waals surface area contributed by atoms with Crippen LogP contribution in [0.15, 0.2) is 24.3 Å². The molecule has 4 nitrogen and oxygen atoms in total. The molecular weight excluding hydrogens is 274 g/mol. The average molecular weight is 292 g/mol. The first-order valence-corrected chi connectivity index (χ1v) is 6.86. The van der Waals surface area contributed by atoms with Gasteiger partial charge in [-0.1, -0.05) is 23.7 Å². The van der Waals surface area contributed by atoms with E-state index in [-0.39, 0.29) is 0 Å². The number of ether oxygens (including phenoxy) is 1. The summed E-state index contributed by atoms with van der Waals surface area (Å²) in [6.45, 7) is 4.73. The van der Waals surface area contributed by atoms with Crippen molar-refractivity contribution in [2.75, 3.05) is 19.0 Å². The van der Waals surface area contributed by atoms with Gasteiger partial charge in [-0.25, -0.2) is 0 Å². The van der Waals surface area contributed by atoms with Gasteiger partial charge in [-0.15, -0.1) is 10.2 Å². The molecule has 0 aliphatic carbocycles. The Morgan fingerprint density at radius 3 is 2.45 bits per heavy atom. The van der Waals surface area contributed by atoms with E-state index < -0.39 is 0 Å². The van der Waals surface area contributed by atoms with Gasteiger partial charge in [-0.2, -0.15) is 0 Å². The number of hydrogen-bond acceptors (Lipinski definition) is 4. The maximum Gasteiger partial charge on any atom is 0.155 e. The number of benzene rings is 1. The van der Waals surface area contributed by atoms with Gasteiger partial charge in [0.1, 0.15) is 5.75 Å². The maximum absolute atomic E-state index is 5.93. The molecule has 1 heterocycles. The predicted molar refractivity (Wildman–Crippen MR) is 81.7 cm³/mol. The standard InChI is InChI=1S/C15H18ClN3O/c1-10-11(2)15(19-18-14(10)16)17-9-8-12-4-6-13(20-3)7-5-12/h4-7H,8-9H2,1-3H3,(H,17,19). The number of methoxy groups -OCH3 is 1. The van der Waals surface area contributed by atoms with Gasteiger partial charge in [0.05, 0.1) is 7.11 Å².